The minimum atomic E-state index is -0.246. The molecule has 7 heteroatoms. The summed E-state index contributed by atoms with van der Waals surface area (Å²) in [4.78, 5) is 17.5. The fourth-order valence-electron chi connectivity index (χ4n) is 3.39. The van der Waals surface area contributed by atoms with Gasteiger partial charge in [-0.05, 0) is 12.1 Å². The number of pyridine rings is 1. The highest BCUT2D eigenvalue weighted by atomic mass is 19.1. The molecule has 29 heavy (non-hydrogen) atoms. The summed E-state index contributed by atoms with van der Waals surface area (Å²) in [6.45, 7) is 2.99. The summed E-state index contributed by atoms with van der Waals surface area (Å²) in [5.74, 6) is 0.456. The fourth-order valence-corrected chi connectivity index (χ4v) is 3.39. The number of rotatable bonds is 5. The standard InChI is InChI=1S/C22H24FN5O/c1-27(2)22-25-11-16(12-26-22)14-28-9-10-29-21(15-28)20-8-7-17(13-24-20)18-5-3-4-6-19(18)23/h3-8,11-13,21H,9-10,14-15H2,1-2H3/t21-/m0/s1. The van der Waals surface area contributed by atoms with Crippen LogP contribution in [0.4, 0.5) is 10.3 Å². The third-order valence-electron chi connectivity index (χ3n) is 4.95. The lowest BCUT2D eigenvalue weighted by molar-refractivity contribution is -0.0350. The molecule has 0 spiro atoms. The molecule has 3 aromatic rings. The normalized spacial score (nSPS) is 17.3. The second kappa shape index (κ2) is 8.63. The maximum Gasteiger partial charge on any atom is 0.224 e. The lowest BCUT2D eigenvalue weighted by atomic mass is 10.1. The monoisotopic (exact) mass is 393 g/mol. The predicted octanol–water partition coefficient (Wildman–Crippen LogP) is 3.32. The molecule has 3 heterocycles. The van der Waals surface area contributed by atoms with E-state index >= 15 is 0 Å². The minimum absolute atomic E-state index is 0.111. The van der Waals surface area contributed by atoms with Gasteiger partial charge in [-0.15, -0.1) is 0 Å². The van der Waals surface area contributed by atoms with E-state index in [9.17, 15) is 4.39 Å². The van der Waals surface area contributed by atoms with Crippen molar-refractivity contribution < 1.29 is 9.13 Å². The van der Waals surface area contributed by atoms with Crippen LogP contribution in [-0.2, 0) is 11.3 Å². The number of halogens is 1. The highest BCUT2D eigenvalue weighted by molar-refractivity contribution is 5.63. The molecule has 0 saturated carbocycles. The molecule has 0 amide bonds. The first-order valence-corrected chi connectivity index (χ1v) is 9.63. The smallest absolute Gasteiger partial charge is 0.224 e. The van der Waals surface area contributed by atoms with Crippen LogP contribution in [0.3, 0.4) is 0 Å². The van der Waals surface area contributed by atoms with Crippen molar-refractivity contribution in [2.45, 2.75) is 12.6 Å². The number of anilines is 1. The third kappa shape index (κ3) is 4.58. The lowest BCUT2D eigenvalue weighted by Gasteiger charge is -2.32. The van der Waals surface area contributed by atoms with E-state index in [4.69, 9.17) is 4.74 Å². The lowest BCUT2D eigenvalue weighted by Crippen LogP contribution is -2.38. The van der Waals surface area contributed by atoms with E-state index in [-0.39, 0.29) is 11.9 Å². The summed E-state index contributed by atoms with van der Waals surface area (Å²) >= 11 is 0. The molecule has 1 atom stereocenters. The zero-order chi connectivity index (χ0) is 20.2. The molecular formula is C22H24FN5O. The van der Waals surface area contributed by atoms with E-state index in [0.29, 0.717) is 18.1 Å². The zero-order valence-corrected chi connectivity index (χ0v) is 16.6. The highest BCUT2D eigenvalue weighted by Crippen LogP contribution is 2.26. The van der Waals surface area contributed by atoms with Crippen molar-refractivity contribution in [3.05, 3.63) is 72.1 Å². The van der Waals surface area contributed by atoms with Crippen LogP contribution in [0.2, 0.25) is 0 Å². The summed E-state index contributed by atoms with van der Waals surface area (Å²) in [7, 11) is 3.85. The van der Waals surface area contributed by atoms with Crippen LogP contribution in [0.5, 0.6) is 0 Å². The molecule has 0 bridgehead atoms. The zero-order valence-electron chi connectivity index (χ0n) is 16.6. The van der Waals surface area contributed by atoms with Gasteiger partial charge in [0.25, 0.3) is 0 Å². The van der Waals surface area contributed by atoms with Crippen LogP contribution < -0.4 is 4.90 Å². The number of hydrogen-bond donors (Lipinski definition) is 0. The second-order valence-electron chi connectivity index (χ2n) is 7.33. The Labute approximate surface area is 170 Å². The van der Waals surface area contributed by atoms with Crippen molar-refractivity contribution >= 4 is 5.95 Å². The van der Waals surface area contributed by atoms with E-state index < -0.39 is 0 Å². The Morgan fingerprint density at radius 2 is 1.86 bits per heavy atom. The molecule has 1 aromatic carbocycles. The number of nitrogens with zero attached hydrogens (tertiary/aromatic N) is 5. The molecule has 2 aromatic heterocycles. The first-order valence-electron chi connectivity index (χ1n) is 9.63. The molecule has 1 aliphatic rings. The Balaban J connectivity index is 1.42. The number of ether oxygens (including phenoxy) is 1. The Morgan fingerprint density at radius 3 is 2.55 bits per heavy atom. The predicted molar refractivity (Wildman–Crippen MR) is 110 cm³/mol. The minimum Gasteiger partial charge on any atom is -0.369 e. The second-order valence-corrected chi connectivity index (χ2v) is 7.33. The molecular weight excluding hydrogens is 369 g/mol. The first-order chi connectivity index (χ1) is 14.1. The van der Waals surface area contributed by atoms with Crippen LogP contribution in [-0.4, -0.2) is 53.6 Å². The number of aromatic nitrogens is 3. The molecule has 1 saturated heterocycles. The molecule has 0 N–H and O–H groups in total. The SMILES string of the molecule is CN(C)c1ncc(CN2CCO[C@H](c3ccc(-c4ccccc4F)cn3)C2)cn1. The molecule has 4 rings (SSSR count). The van der Waals surface area contributed by atoms with Gasteiger partial charge >= 0.3 is 0 Å². The van der Waals surface area contributed by atoms with Gasteiger partial charge in [0.05, 0.1) is 12.3 Å². The van der Waals surface area contributed by atoms with Crippen LogP contribution in [0.15, 0.2) is 55.0 Å². The largest absolute Gasteiger partial charge is 0.369 e. The van der Waals surface area contributed by atoms with Crippen molar-refractivity contribution in [2.24, 2.45) is 0 Å². The highest BCUT2D eigenvalue weighted by Gasteiger charge is 2.23. The molecule has 0 radical (unpaired) electrons. The molecule has 1 fully saturated rings. The van der Waals surface area contributed by atoms with Crippen molar-refractivity contribution in [3.63, 3.8) is 0 Å². The number of hydrogen-bond acceptors (Lipinski definition) is 6. The maximum atomic E-state index is 14.0. The van der Waals surface area contributed by atoms with Gasteiger partial charge < -0.3 is 9.64 Å². The van der Waals surface area contributed by atoms with E-state index in [1.54, 1.807) is 18.3 Å². The van der Waals surface area contributed by atoms with Gasteiger partial charge in [0.1, 0.15) is 11.9 Å². The van der Waals surface area contributed by atoms with Gasteiger partial charge in [-0.1, -0.05) is 24.3 Å². The van der Waals surface area contributed by atoms with Gasteiger partial charge in [0.15, 0.2) is 0 Å². The van der Waals surface area contributed by atoms with Gasteiger partial charge in [0.2, 0.25) is 5.95 Å². The molecule has 0 aliphatic carbocycles. The Hall–Kier alpha value is -2.90. The van der Waals surface area contributed by atoms with E-state index in [2.05, 4.69) is 19.9 Å². The van der Waals surface area contributed by atoms with Gasteiger partial charge in [-0.25, -0.2) is 14.4 Å². The van der Waals surface area contributed by atoms with E-state index in [1.807, 2.05) is 49.6 Å². The topological polar surface area (TPSA) is 54.4 Å². The van der Waals surface area contributed by atoms with Crippen LogP contribution >= 0.6 is 0 Å². The van der Waals surface area contributed by atoms with Crippen molar-refractivity contribution in [1.29, 1.82) is 0 Å². The Bertz CT molecular complexity index is 946. The quantitative estimate of drug-likeness (QED) is 0.663. The van der Waals surface area contributed by atoms with Crippen molar-refractivity contribution in [2.75, 3.05) is 38.7 Å². The molecule has 150 valence electrons. The van der Waals surface area contributed by atoms with Gasteiger partial charge in [-0.3, -0.25) is 9.88 Å². The van der Waals surface area contributed by atoms with Crippen molar-refractivity contribution in [3.8, 4) is 11.1 Å². The number of morpholine rings is 1. The Morgan fingerprint density at radius 1 is 1.07 bits per heavy atom. The summed E-state index contributed by atoms with van der Waals surface area (Å²) in [6, 6.07) is 10.5. The number of benzene rings is 1. The van der Waals surface area contributed by atoms with Crippen LogP contribution in [0.25, 0.3) is 11.1 Å². The van der Waals surface area contributed by atoms with E-state index in [0.717, 1.165) is 36.5 Å². The fraction of sp³-hybridized carbons (Fsp3) is 0.318. The van der Waals surface area contributed by atoms with Gasteiger partial charge in [0, 0.05) is 69.0 Å². The van der Waals surface area contributed by atoms with E-state index in [1.165, 1.54) is 6.07 Å². The average Bonchev–Trinajstić information content (AvgIpc) is 2.75. The molecule has 6 nitrogen and oxygen atoms in total. The maximum absolute atomic E-state index is 14.0. The molecule has 0 unspecified atom stereocenters. The summed E-state index contributed by atoms with van der Waals surface area (Å²) in [5, 5.41) is 0. The Kier molecular flexibility index (Phi) is 5.78. The summed E-state index contributed by atoms with van der Waals surface area (Å²) < 4.78 is 19.9. The molecule has 1 aliphatic heterocycles. The van der Waals surface area contributed by atoms with Crippen LogP contribution in [0, 0.1) is 5.82 Å². The van der Waals surface area contributed by atoms with Gasteiger partial charge in [-0.2, -0.15) is 0 Å². The summed E-state index contributed by atoms with van der Waals surface area (Å²) in [5.41, 5.74) is 3.24. The summed E-state index contributed by atoms with van der Waals surface area (Å²) in [6.07, 6.45) is 5.34. The average molecular weight is 393 g/mol. The van der Waals surface area contributed by atoms with Crippen molar-refractivity contribution in [1.82, 2.24) is 19.9 Å². The van der Waals surface area contributed by atoms with Crippen LogP contribution in [0.1, 0.15) is 17.4 Å². The first kappa shape index (κ1) is 19.4. The third-order valence-corrected chi connectivity index (χ3v) is 4.95.